The minimum Gasteiger partial charge on any atom is -0.394 e. The van der Waals surface area contributed by atoms with Gasteiger partial charge in [-0.15, -0.1) is 11.3 Å². The van der Waals surface area contributed by atoms with Gasteiger partial charge in [-0.2, -0.15) is 10.4 Å². The SMILES string of the molecule is N#Cc1ccc(S(=O)(=O)Nc2[nH]ncc2N)s1. The average Bonchev–Trinajstić information content (AvgIpc) is 2.88. The van der Waals surface area contributed by atoms with Crippen LogP contribution >= 0.6 is 11.3 Å². The summed E-state index contributed by atoms with van der Waals surface area (Å²) >= 11 is 0.881. The van der Waals surface area contributed by atoms with E-state index in [1.165, 1.54) is 18.3 Å². The van der Waals surface area contributed by atoms with Crippen molar-refractivity contribution in [3.8, 4) is 6.07 Å². The van der Waals surface area contributed by atoms with Gasteiger partial charge in [0.15, 0.2) is 5.82 Å². The lowest BCUT2D eigenvalue weighted by molar-refractivity contribution is 0.603. The molecule has 2 rings (SSSR count). The molecule has 0 atom stereocenters. The molecule has 0 saturated carbocycles. The molecule has 88 valence electrons. The minimum absolute atomic E-state index is 0.0445. The first kappa shape index (κ1) is 11.4. The molecule has 9 heteroatoms. The number of hydrogen-bond acceptors (Lipinski definition) is 6. The van der Waals surface area contributed by atoms with Crippen LogP contribution in [0.5, 0.6) is 0 Å². The maximum atomic E-state index is 11.9. The van der Waals surface area contributed by atoms with Crippen LogP contribution in [0.3, 0.4) is 0 Å². The Morgan fingerprint density at radius 3 is 2.82 bits per heavy atom. The van der Waals surface area contributed by atoms with Crippen LogP contribution in [0.1, 0.15) is 4.88 Å². The van der Waals surface area contributed by atoms with Crippen molar-refractivity contribution in [1.82, 2.24) is 10.2 Å². The molecule has 0 saturated heterocycles. The van der Waals surface area contributed by atoms with Gasteiger partial charge < -0.3 is 5.73 Å². The lowest BCUT2D eigenvalue weighted by Gasteiger charge is -2.03. The Labute approximate surface area is 101 Å². The number of aromatic nitrogens is 2. The fourth-order valence-electron chi connectivity index (χ4n) is 1.09. The van der Waals surface area contributed by atoms with E-state index < -0.39 is 10.0 Å². The van der Waals surface area contributed by atoms with E-state index in [-0.39, 0.29) is 15.7 Å². The number of nitrogens with zero attached hydrogens (tertiary/aromatic N) is 2. The maximum absolute atomic E-state index is 11.9. The number of sulfonamides is 1. The standard InChI is InChI=1S/C8H7N5O2S2/c9-3-5-1-2-7(16-5)17(14,15)13-8-6(10)4-11-12-8/h1-2,4H,10H2,(H2,11,12,13). The number of hydrogen-bond donors (Lipinski definition) is 3. The summed E-state index contributed by atoms with van der Waals surface area (Å²) in [4.78, 5) is 0.322. The van der Waals surface area contributed by atoms with Crippen molar-refractivity contribution in [2.24, 2.45) is 0 Å². The second kappa shape index (κ2) is 4.08. The van der Waals surface area contributed by atoms with E-state index in [1.54, 1.807) is 0 Å². The minimum atomic E-state index is -3.73. The fraction of sp³-hybridized carbons (Fsp3) is 0. The molecule has 17 heavy (non-hydrogen) atoms. The monoisotopic (exact) mass is 269 g/mol. The van der Waals surface area contributed by atoms with Crippen LogP contribution < -0.4 is 10.5 Å². The lowest BCUT2D eigenvalue weighted by atomic mass is 10.5. The van der Waals surface area contributed by atoms with Gasteiger partial charge in [0.05, 0.1) is 11.9 Å². The molecule has 0 spiro atoms. The summed E-state index contributed by atoms with van der Waals surface area (Å²) in [5.41, 5.74) is 5.69. The Balaban J connectivity index is 2.32. The Morgan fingerprint density at radius 1 is 1.53 bits per heavy atom. The predicted molar refractivity (Wildman–Crippen MR) is 62.8 cm³/mol. The lowest BCUT2D eigenvalue weighted by Crippen LogP contribution is -2.12. The van der Waals surface area contributed by atoms with Crippen LogP contribution in [0.25, 0.3) is 0 Å². The van der Waals surface area contributed by atoms with E-state index >= 15 is 0 Å². The highest BCUT2D eigenvalue weighted by molar-refractivity contribution is 7.94. The third kappa shape index (κ3) is 2.22. The van der Waals surface area contributed by atoms with Gasteiger partial charge in [0.1, 0.15) is 15.2 Å². The molecule has 0 aromatic carbocycles. The number of anilines is 2. The molecule has 0 aliphatic heterocycles. The first-order valence-corrected chi connectivity index (χ1v) is 6.64. The van der Waals surface area contributed by atoms with Gasteiger partial charge in [-0.1, -0.05) is 0 Å². The second-order valence-electron chi connectivity index (χ2n) is 3.04. The normalized spacial score (nSPS) is 11.0. The van der Waals surface area contributed by atoms with Crippen molar-refractivity contribution >= 4 is 32.9 Å². The van der Waals surface area contributed by atoms with Crippen molar-refractivity contribution in [3.05, 3.63) is 23.2 Å². The smallest absolute Gasteiger partial charge is 0.272 e. The number of nitrogens with one attached hydrogen (secondary N) is 2. The molecule has 0 bridgehead atoms. The van der Waals surface area contributed by atoms with Crippen molar-refractivity contribution < 1.29 is 8.42 Å². The zero-order valence-corrected chi connectivity index (χ0v) is 9.97. The highest BCUT2D eigenvalue weighted by atomic mass is 32.2. The van der Waals surface area contributed by atoms with Gasteiger partial charge in [-0.25, -0.2) is 8.42 Å². The second-order valence-corrected chi connectivity index (χ2v) is 6.03. The number of nitrogen functional groups attached to an aromatic ring is 1. The molecule has 7 nitrogen and oxygen atoms in total. The molecular weight excluding hydrogens is 262 g/mol. The fourth-order valence-corrected chi connectivity index (χ4v) is 3.23. The zero-order valence-electron chi connectivity index (χ0n) is 8.34. The number of nitrogens with two attached hydrogens (primary N) is 1. The number of nitriles is 1. The third-order valence-electron chi connectivity index (χ3n) is 1.86. The molecule has 0 aliphatic rings. The van der Waals surface area contributed by atoms with Gasteiger partial charge in [-0.05, 0) is 12.1 Å². The van der Waals surface area contributed by atoms with Crippen LogP contribution in [0, 0.1) is 11.3 Å². The van der Waals surface area contributed by atoms with E-state index in [1.807, 2.05) is 6.07 Å². The first-order chi connectivity index (χ1) is 8.03. The van der Waals surface area contributed by atoms with E-state index in [2.05, 4.69) is 14.9 Å². The largest absolute Gasteiger partial charge is 0.394 e. The summed E-state index contributed by atoms with van der Waals surface area (Å²) in [6, 6.07) is 4.67. The summed E-state index contributed by atoms with van der Waals surface area (Å²) in [6.07, 6.45) is 1.30. The molecule has 2 heterocycles. The third-order valence-corrected chi connectivity index (χ3v) is 4.69. The van der Waals surface area contributed by atoms with Gasteiger partial charge in [0.25, 0.3) is 10.0 Å². The molecule has 2 aromatic heterocycles. The molecule has 0 unspecified atom stereocenters. The zero-order chi connectivity index (χ0) is 12.5. The number of aromatic amines is 1. The highest BCUT2D eigenvalue weighted by Crippen LogP contribution is 2.24. The quantitative estimate of drug-likeness (QED) is 0.757. The van der Waals surface area contributed by atoms with Crippen molar-refractivity contribution in [2.75, 3.05) is 10.5 Å². The van der Waals surface area contributed by atoms with Gasteiger partial charge >= 0.3 is 0 Å². The molecule has 2 aromatic rings. The molecule has 0 aliphatic carbocycles. The molecule has 0 radical (unpaired) electrons. The van der Waals surface area contributed by atoms with Crippen LogP contribution in [0.15, 0.2) is 22.5 Å². The first-order valence-electron chi connectivity index (χ1n) is 4.34. The molecule has 0 amide bonds. The topological polar surface area (TPSA) is 125 Å². The summed E-state index contributed by atoms with van der Waals surface area (Å²) in [5.74, 6) is 0.108. The summed E-state index contributed by atoms with van der Waals surface area (Å²) in [7, 11) is -3.73. The van der Waals surface area contributed by atoms with Crippen molar-refractivity contribution in [2.45, 2.75) is 4.21 Å². The van der Waals surface area contributed by atoms with Crippen LogP contribution in [0.2, 0.25) is 0 Å². The van der Waals surface area contributed by atoms with Crippen molar-refractivity contribution in [1.29, 1.82) is 5.26 Å². The van der Waals surface area contributed by atoms with E-state index in [9.17, 15) is 8.42 Å². The molecule has 4 N–H and O–H groups in total. The predicted octanol–water partition coefficient (Wildman–Crippen LogP) is 0.726. The van der Waals surface area contributed by atoms with E-state index in [0.29, 0.717) is 4.88 Å². The Hall–Kier alpha value is -2.05. The Bertz CT molecular complexity index is 679. The maximum Gasteiger partial charge on any atom is 0.272 e. The van der Waals surface area contributed by atoms with E-state index in [4.69, 9.17) is 11.0 Å². The molecular formula is C8H7N5O2S2. The van der Waals surface area contributed by atoms with Crippen LogP contribution in [-0.4, -0.2) is 18.6 Å². The highest BCUT2D eigenvalue weighted by Gasteiger charge is 2.18. The Kier molecular flexibility index (Phi) is 2.74. The summed E-state index contributed by atoms with van der Waals surface area (Å²) in [6.45, 7) is 0. The molecule has 0 fully saturated rings. The van der Waals surface area contributed by atoms with Gasteiger partial charge in [-0.3, -0.25) is 9.82 Å². The summed E-state index contributed by atoms with van der Waals surface area (Å²) < 4.78 is 26.0. The van der Waals surface area contributed by atoms with Gasteiger partial charge in [0, 0.05) is 0 Å². The number of H-pyrrole nitrogens is 1. The number of thiophene rings is 1. The van der Waals surface area contributed by atoms with Gasteiger partial charge in [0.2, 0.25) is 0 Å². The number of rotatable bonds is 3. The van der Waals surface area contributed by atoms with E-state index in [0.717, 1.165) is 11.3 Å². The van der Waals surface area contributed by atoms with Crippen LogP contribution in [-0.2, 0) is 10.0 Å². The Morgan fingerprint density at radius 2 is 2.29 bits per heavy atom. The average molecular weight is 269 g/mol. The van der Waals surface area contributed by atoms with Crippen molar-refractivity contribution in [3.63, 3.8) is 0 Å². The summed E-state index contributed by atoms with van der Waals surface area (Å²) in [5, 5.41) is 14.6. The van der Waals surface area contributed by atoms with Crippen LogP contribution in [0.4, 0.5) is 11.5 Å².